The van der Waals surface area contributed by atoms with Gasteiger partial charge in [0.25, 0.3) is 0 Å². The molecule has 0 aliphatic carbocycles. The third-order valence-electron chi connectivity index (χ3n) is 3.48. The van der Waals surface area contributed by atoms with Crippen molar-refractivity contribution in [3.05, 3.63) is 0 Å². The molecule has 1 aliphatic heterocycles. The molecule has 1 aliphatic rings. The smallest absolute Gasteiger partial charge is 0.0926 e. The molecule has 1 rings (SSSR count). The highest BCUT2D eigenvalue weighted by molar-refractivity contribution is 5.82. The Kier molecular flexibility index (Phi) is 10.5. The van der Waals surface area contributed by atoms with Crippen LogP contribution in [0.15, 0.2) is 4.99 Å². The first-order valence-corrected chi connectivity index (χ1v) is 7.49. The Morgan fingerprint density at radius 1 is 1.21 bits per heavy atom. The molecule has 112 valence electrons. The van der Waals surface area contributed by atoms with Crippen molar-refractivity contribution in [1.82, 2.24) is 9.80 Å². The monoisotopic (exact) mass is 268 g/mol. The van der Waals surface area contributed by atoms with Crippen molar-refractivity contribution in [2.24, 2.45) is 4.99 Å². The van der Waals surface area contributed by atoms with E-state index in [1.807, 2.05) is 6.92 Å². The molecule has 4 heteroatoms. The molecule has 0 saturated carbocycles. The van der Waals surface area contributed by atoms with E-state index in [2.05, 4.69) is 42.6 Å². The van der Waals surface area contributed by atoms with Crippen LogP contribution in [0.5, 0.6) is 0 Å². The number of nitrogens with zero attached hydrogens (tertiary/aromatic N) is 3. The van der Waals surface area contributed by atoms with Crippen LogP contribution in [0.1, 0.15) is 47.0 Å². The zero-order chi connectivity index (χ0) is 14.7. The summed E-state index contributed by atoms with van der Waals surface area (Å²) in [7, 11) is 2.10. The SMILES string of the molecule is CC1=NCCCC1.CCN(C)CCN(CC)C(C)=N. The number of aliphatic imine (C=N–C) groups is 1. The highest BCUT2D eigenvalue weighted by Crippen LogP contribution is 2.03. The van der Waals surface area contributed by atoms with Crippen molar-refractivity contribution in [2.75, 3.05) is 39.8 Å². The van der Waals surface area contributed by atoms with Gasteiger partial charge in [0.1, 0.15) is 0 Å². The molecule has 0 unspecified atom stereocenters. The molecular weight excluding hydrogens is 236 g/mol. The van der Waals surface area contributed by atoms with Crippen LogP contribution in [0.4, 0.5) is 0 Å². The normalized spacial score (nSPS) is 14.5. The minimum atomic E-state index is 0.669. The summed E-state index contributed by atoms with van der Waals surface area (Å²) in [6.45, 7) is 13.3. The van der Waals surface area contributed by atoms with E-state index in [1.165, 1.54) is 25.0 Å². The zero-order valence-corrected chi connectivity index (χ0v) is 13.5. The van der Waals surface area contributed by atoms with E-state index < -0.39 is 0 Å². The van der Waals surface area contributed by atoms with E-state index in [1.54, 1.807) is 0 Å². The third-order valence-corrected chi connectivity index (χ3v) is 3.48. The molecule has 0 bridgehead atoms. The molecule has 4 nitrogen and oxygen atoms in total. The van der Waals surface area contributed by atoms with Crippen molar-refractivity contribution in [3.8, 4) is 0 Å². The van der Waals surface area contributed by atoms with Gasteiger partial charge in [0.15, 0.2) is 0 Å². The molecule has 1 heterocycles. The molecule has 0 amide bonds. The zero-order valence-electron chi connectivity index (χ0n) is 13.5. The Balaban J connectivity index is 0.000000388. The minimum Gasteiger partial charge on any atom is -0.360 e. The van der Waals surface area contributed by atoms with Crippen LogP contribution in [-0.4, -0.2) is 61.1 Å². The second-order valence-electron chi connectivity index (χ2n) is 5.14. The molecule has 0 aromatic rings. The van der Waals surface area contributed by atoms with Gasteiger partial charge in [0.2, 0.25) is 0 Å². The van der Waals surface area contributed by atoms with Crippen LogP contribution in [0.25, 0.3) is 0 Å². The number of hydrogen-bond acceptors (Lipinski definition) is 3. The van der Waals surface area contributed by atoms with Gasteiger partial charge >= 0.3 is 0 Å². The lowest BCUT2D eigenvalue weighted by Crippen LogP contribution is -2.35. The van der Waals surface area contributed by atoms with Crippen LogP contribution in [0.2, 0.25) is 0 Å². The van der Waals surface area contributed by atoms with E-state index >= 15 is 0 Å². The van der Waals surface area contributed by atoms with Crippen LogP contribution >= 0.6 is 0 Å². The summed E-state index contributed by atoms with van der Waals surface area (Å²) in [5, 5.41) is 7.46. The first kappa shape index (κ1) is 18.1. The van der Waals surface area contributed by atoms with Crippen LogP contribution in [0.3, 0.4) is 0 Å². The summed E-state index contributed by atoms with van der Waals surface area (Å²) in [6.07, 6.45) is 3.90. The van der Waals surface area contributed by atoms with Crippen molar-refractivity contribution < 1.29 is 0 Å². The maximum absolute atomic E-state index is 7.46. The summed E-state index contributed by atoms with van der Waals surface area (Å²) >= 11 is 0. The molecule has 0 spiro atoms. The van der Waals surface area contributed by atoms with Crippen LogP contribution in [-0.2, 0) is 0 Å². The Hall–Kier alpha value is -0.900. The minimum absolute atomic E-state index is 0.669. The topological polar surface area (TPSA) is 42.7 Å². The van der Waals surface area contributed by atoms with Gasteiger partial charge in [-0.25, -0.2) is 0 Å². The number of amidine groups is 1. The Morgan fingerprint density at radius 3 is 2.21 bits per heavy atom. The van der Waals surface area contributed by atoms with Crippen molar-refractivity contribution in [1.29, 1.82) is 5.41 Å². The summed E-state index contributed by atoms with van der Waals surface area (Å²) in [6, 6.07) is 0. The molecule has 0 fully saturated rings. The summed E-state index contributed by atoms with van der Waals surface area (Å²) in [4.78, 5) is 8.58. The second kappa shape index (κ2) is 11.0. The van der Waals surface area contributed by atoms with E-state index in [9.17, 15) is 0 Å². The van der Waals surface area contributed by atoms with E-state index in [0.717, 1.165) is 32.7 Å². The Labute approximate surface area is 119 Å². The average Bonchev–Trinajstić information content (AvgIpc) is 2.40. The number of rotatable bonds is 5. The van der Waals surface area contributed by atoms with Gasteiger partial charge in [-0.1, -0.05) is 6.92 Å². The largest absolute Gasteiger partial charge is 0.360 e. The van der Waals surface area contributed by atoms with Gasteiger partial charge in [0, 0.05) is 31.9 Å². The van der Waals surface area contributed by atoms with Gasteiger partial charge in [-0.2, -0.15) is 0 Å². The quantitative estimate of drug-likeness (QED) is 0.615. The Morgan fingerprint density at radius 2 is 1.89 bits per heavy atom. The summed E-state index contributed by atoms with van der Waals surface area (Å²) in [5.41, 5.74) is 1.34. The average molecular weight is 268 g/mol. The first-order chi connectivity index (χ1) is 9.01. The van der Waals surface area contributed by atoms with E-state index in [0.29, 0.717) is 5.84 Å². The van der Waals surface area contributed by atoms with Gasteiger partial charge in [0.05, 0.1) is 5.84 Å². The lowest BCUT2D eigenvalue weighted by Gasteiger charge is -2.24. The number of nitrogens with one attached hydrogen (secondary N) is 1. The number of hydrogen-bond donors (Lipinski definition) is 1. The second-order valence-corrected chi connectivity index (χ2v) is 5.14. The molecular formula is C15H32N4. The van der Waals surface area contributed by atoms with Gasteiger partial charge < -0.3 is 9.80 Å². The highest BCUT2D eigenvalue weighted by Gasteiger charge is 2.02. The number of likely N-dealkylation sites (N-methyl/N-ethyl adjacent to an activating group) is 2. The van der Waals surface area contributed by atoms with Crippen molar-refractivity contribution in [3.63, 3.8) is 0 Å². The lowest BCUT2D eigenvalue weighted by molar-refractivity contribution is 0.304. The maximum Gasteiger partial charge on any atom is 0.0926 e. The van der Waals surface area contributed by atoms with Crippen LogP contribution in [0, 0.1) is 5.41 Å². The van der Waals surface area contributed by atoms with Gasteiger partial charge in [-0.15, -0.1) is 0 Å². The van der Waals surface area contributed by atoms with E-state index in [4.69, 9.17) is 5.41 Å². The summed E-state index contributed by atoms with van der Waals surface area (Å²) in [5.74, 6) is 0.669. The molecule has 1 N–H and O–H groups in total. The van der Waals surface area contributed by atoms with Gasteiger partial charge in [-0.05, 0) is 53.6 Å². The van der Waals surface area contributed by atoms with Crippen molar-refractivity contribution in [2.45, 2.75) is 47.0 Å². The maximum atomic E-state index is 7.46. The standard InChI is InChI=1S/C9H21N3.C6H11N/c1-5-11(4)7-8-12(6-2)9(3)10;1-6-4-2-3-5-7-6/h10H,5-8H2,1-4H3;2-5H2,1H3. The van der Waals surface area contributed by atoms with E-state index in [-0.39, 0.29) is 0 Å². The fourth-order valence-corrected chi connectivity index (χ4v) is 1.85. The highest BCUT2D eigenvalue weighted by atomic mass is 15.2. The fourth-order valence-electron chi connectivity index (χ4n) is 1.85. The molecule has 0 radical (unpaired) electrons. The lowest BCUT2D eigenvalue weighted by atomic mass is 10.1. The Bertz CT molecular complexity index is 273. The third kappa shape index (κ3) is 9.65. The van der Waals surface area contributed by atoms with Gasteiger partial charge in [-0.3, -0.25) is 10.4 Å². The summed E-state index contributed by atoms with van der Waals surface area (Å²) < 4.78 is 0. The fraction of sp³-hybridized carbons (Fsp3) is 0.867. The molecule has 0 aromatic heterocycles. The predicted molar refractivity (Wildman–Crippen MR) is 85.6 cm³/mol. The molecule has 0 aromatic carbocycles. The molecule has 19 heavy (non-hydrogen) atoms. The van der Waals surface area contributed by atoms with Crippen LogP contribution < -0.4 is 0 Å². The predicted octanol–water partition coefficient (Wildman–Crippen LogP) is 2.89. The molecule has 0 atom stereocenters. The van der Waals surface area contributed by atoms with Crippen molar-refractivity contribution >= 4 is 11.5 Å². The molecule has 0 saturated heterocycles. The first-order valence-electron chi connectivity index (χ1n) is 7.49.